The standard InChI is InChI=1S/C10H20N2O2S2/c13-16(14,8-10-2-1-4-11-10)12-6-9-3-5-15-7-9/h9-12H,1-8H2. The van der Waals surface area contributed by atoms with Gasteiger partial charge in [-0.2, -0.15) is 11.8 Å². The second kappa shape index (κ2) is 5.71. The van der Waals surface area contributed by atoms with Crippen molar-refractivity contribution in [2.75, 3.05) is 30.3 Å². The van der Waals surface area contributed by atoms with Crippen molar-refractivity contribution in [3.05, 3.63) is 0 Å². The van der Waals surface area contributed by atoms with E-state index in [9.17, 15) is 8.42 Å². The Morgan fingerprint density at radius 2 is 2.25 bits per heavy atom. The smallest absolute Gasteiger partial charge is 0.213 e. The lowest BCUT2D eigenvalue weighted by molar-refractivity contribution is 0.536. The predicted octanol–water partition coefficient (Wildman–Crippen LogP) is 0.411. The fraction of sp³-hybridized carbons (Fsp3) is 1.00. The van der Waals surface area contributed by atoms with Crippen LogP contribution in [0.3, 0.4) is 0 Å². The number of nitrogens with one attached hydrogen (secondary N) is 2. The summed E-state index contributed by atoms with van der Waals surface area (Å²) in [5.74, 6) is 3.06. The first kappa shape index (κ1) is 12.7. The van der Waals surface area contributed by atoms with Crippen LogP contribution in [-0.2, 0) is 10.0 Å². The van der Waals surface area contributed by atoms with Gasteiger partial charge in [0.1, 0.15) is 0 Å². The highest BCUT2D eigenvalue weighted by Crippen LogP contribution is 2.22. The maximum absolute atomic E-state index is 11.8. The zero-order valence-electron chi connectivity index (χ0n) is 9.44. The Morgan fingerprint density at radius 1 is 1.38 bits per heavy atom. The highest BCUT2D eigenvalue weighted by Gasteiger charge is 2.23. The zero-order chi connectivity index (χ0) is 11.4. The minimum atomic E-state index is -3.07. The lowest BCUT2D eigenvalue weighted by atomic mass is 10.1. The first-order valence-electron chi connectivity index (χ1n) is 5.94. The van der Waals surface area contributed by atoms with Crippen LogP contribution in [0.1, 0.15) is 19.3 Å². The van der Waals surface area contributed by atoms with Crippen LogP contribution in [0.15, 0.2) is 0 Å². The second-order valence-corrected chi connectivity index (χ2v) is 7.65. The summed E-state index contributed by atoms with van der Waals surface area (Å²) >= 11 is 1.92. The maximum Gasteiger partial charge on any atom is 0.213 e. The summed E-state index contributed by atoms with van der Waals surface area (Å²) in [7, 11) is -3.07. The molecule has 2 aliphatic rings. The fourth-order valence-electron chi connectivity index (χ4n) is 2.21. The van der Waals surface area contributed by atoms with Gasteiger partial charge in [-0.25, -0.2) is 13.1 Å². The van der Waals surface area contributed by atoms with E-state index in [2.05, 4.69) is 10.0 Å². The molecule has 4 nitrogen and oxygen atoms in total. The van der Waals surface area contributed by atoms with Crippen molar-refractivity contribution in [1.29, 1.82) is 0 Å². The summed E-state index contributed by atoms with van der Waals surface area (Å²) in [5.41, 5.74) is 0. The van der Waals surface area contributed by atoms with E-state index in [0.717, 1.165) is 31.6 Å². The summed E-state index contributed by atoms with van der Waals surface area (Å²) in [5, 5.41) is 3.22. The summed E-state index contributed by atoms with van der Waals surface area (Å²) in [4.78, 5) is 0. The highest BCUT2D eigenvalue weighted by atomic mass is 32.2. The molecule has 0 aliphatic carbocycles. The quantitative estimate of drug-likeness (QED) is 0.755. The molecule has 2 aliphatic heterocycles. The lowest BCUT2D eigenvalue weighted by Crippen LogP contribution is -2.38. The molecule has 2 unspecified atom stereocenters. The predicted molar refractivity (Wildman–Crippen MR) is 68.2 cm³/mol. The van der Waals surface area contributed by atoms with Gasteiger partial charge in [-0.05, 0) is 43.2 Å². The molecule has 2 rings (SSSR count). The van der Waals surface area contributed by atoms with Crippen LogP contribution >= 0.6 is 11.8 Å². The molecule has 0 bridgehead atoms. The number of hydrogen-bond acceptors (Lipinski definition) is 4. The van der Waals surface area contributed by atoms with Crippen molar-refractivity contribution < 1.29 is 8.42 Å². The SMILES string of the molecule is O=S(=O)(CC1CCCN1)NCC1CCSC1. The van der Waals surface area contributed by atoms with Crippen LogP contribution in [0.4, 0.5) is 0 Å². The highest BCUT2D eigenvalue weighted by molar-refractivity contribution is 7.99. The van der Waals surface area contributed by atoms with E-state index in [4.69, 9.17) is 0 Å². The Hall–Kier alpha value is 0.220. The van der Waals surface area contributed by atoms with Gasteiger partial charge in [0, 0.05) is 12.6 Å². The van der Waals surface area contributed by atoms with Crippen molar-refractivity contribution in [3.8, 4) is 0 Å². The first-order chi connectivity index (χ1) is 7.66. The second-order valence-electron chi connectivity index (χ2n) is 4.65. The molecule has 6 heteroatoms. The van der Waals surface area contributed by atoms with E-state index < -0.39 is 10.0 Å². The zero-order valence-corrected chi connectivity index (χ0v) is 11.1. The van der Waals surface area contributed by atoms with Crippen LogP contribution in [0.25, 0.3) is 0 Å². The third kappa shape index (κ3) is 3.91. The largest absolute Gasteiger partial charge is 0.313 e. The Morgan fingerprint density at radius 3 is 2.88 bits per heavy atom. The minimum absolute atomic E-state index is 0.162. The van der Waals surface area contributed by atoms with Crippen LogP contribution in [0, 0.1) is 5.92 Å². The average Bonchev–Trinajstić information content (AvgIpc) is 2.85. The van der Waals surface area contributed by atoms with Gasteiger partial charge in [0.25, 0.3) is 0 Å². The Balaban J connectivity index is 1.73. The topological polar surface area (TPSA) is 58.2 Å². The Labute approximate surface area is 102 Å². The molecule has 0 radical (unpaired) electrons. The molecule has 0 spiro atoms. The average molecular weight is 264 g/mol. The van der Waals surface area contributed by atoms with Gasteiger partial charge in [-0.3, -0.25) is 0 Å². The van der Waals surface area contributed by atoms with Gasteiger partial charge < -0.3 is 5.32 Å². The fourth-order valence-corrected chi connectivity index (χ4v) is 4.92. The van der Waals surface area contributed by atoms with E-state index in [-0.39, 0.29) is 11.8 Å². The molecule has 0 aromatic heterocycles. The molecule has 2 atom stereocenters. The summed E-state index contributed by atoms with van der Waals surface area (Å²) in [6.45, 7) is 1.58. The normalized spacial score (nSPS) is 31.0. The molecular weight excluding hydrogens is 244 g/mol. The first-order valence-corrected chi connectivity index (χ1v) is 8.75. The van der Waals surface area contributed by atoms with Crippen molar-refractivity contribution in [3.63, 3.8) is 0 Å². The van der Waals surface area contributed by atoms with Gasteiger partial charge in [0.2, 0.25) is 10.0 Å². The number of sulfonamides is 1. The van der Waals surface area contributed by atoms with Crippen molar-refractivity contribution in [2.45, 2.75) is 25.3 Å². The van der Waals surface area contributed by atoms with Crippen molar-refractivity contribution in [2.24, 2.45) is 5.92 Å². The third-order valence-corrected chi connectivity index (χ3v) is 5.88. The molecule has 0 aromatic carbocycles. The van der Waals surface area contributed by atoms with Gasteiger partial charge >= 0.3 is 0 Å². The number of thioether (sulfide) groups is 1. The third-order valence-electron chi connectivity index (χ3n) is 3.20. The molecule has 0 saturated carbocycles. The van der Waals surface area contributed by atoms with Crippen LogP contribution in [-0.4, -0.2) is 44.8 Å². The van der Waals surface area contributed by atoms with E-state index in [0.29, 0.717) is 12.5 Å². The number of rotatable bonds is 5. The van der Waals surface area contributed by atoms with Crippen molar-refractivity contribution >= 4 is 21.8 Å². The number of hydrogen-bond donors (Lipinski definition) is 2. The lowest BCUT2D eigenvalue weighted by Gasteiger charge is -2.14. The molecular formula is C10H20N2O2S2. The van der Waals surface area contributed by atoms with E-state index in [1.807, 2.05) is 11.8 Å². The summed E-state index contributed by atoms with van der Waals surface area (Å²) in [6, 6.07) is 0.162. The minimum Gasteiger partial charge on any atom is -0.313 e. The molecule has 94 valence electrons. The molecule has 0 amide bonds. The molecule has 16 heavy (non-hydrogen) atoms. The maximum atomic E-state index is 11.8. The Kier molecular flexibility index (Phi) is 4.52. The van der Waals surface area contributed by atoms with Crippen molar-refractivity contribution in [1.82, 2.24) is 10.0 Å². The van der Waals surface area contributed by atoms with E-state index in [1.165, 1.54) is 5.75 Å². The monoisotopic (exact) mass is 264 g/mol. The van der Waals surface area contributed by atoms with Crippen LogP contribution in [0.2, 0.25) is 0 Å². The molecule has 2 heterocycles. The summed E-state index contributed by atoms with van der Waals surface area (Å²) < 4.78 is 26.3. The molecule has 2 fully saturated rings. The molecule has 2 N–H and O–H groups in total. The van der Waals surface area contributed by atoms with Gasteiger partial charge in [0.05, 0.1) is 5.75 Å². The van der Waals surface area contributed by atoms with Crippen LogP contribution < -0.4 is 10.0 Å². The molecule has 2 saturated heterocycles. The van der Waals surface area contributed by atoms with E-state index >= 15 is 0 Å². The molecule has 0 aromatic rings. The van der Waals surface area contributed by atoms with Gasteiger partial charge in [-0.1, -0.05) is 0 Å². The summed E-state index contributed by atoms with van der Waals surface area (Å²) in [6.07, 6.45) is 3.23. The van der Waals surface area contributed by atoms with E-state index in [1.54, 1.807) is 0 Å². The van der Waals surface area contributed by atoms with Gasteiger partial charge in [-0.15, -0.1) is 0 Å². The Bertz CT molecular complexity index is 307. The van der Waals surface area contributed by atoms with Crippen LogP contribution in [0.5, 0.6) is 0 Å². The van der Waals surface area contributed by atoms with Gasteiger partial charge in [0.15, 0.2) is 0 Å².